The first-order valence-corrected chi connectivity index (χ1v) is 6.62. The number of benzene rings is 1. The van der Waals surface area contributed by atoms with Crippen LogP contribution < -0.4 is 10.1 Å². The molecule has 0 saturated carbocycles. The van der Waals surface area contributed by atoms with Gasteiger partial charge in [0.15, 0.2) is 0 Å². The third kappa shape index (κ3) is 2.26. The van der Waals surface area contributed by atoms with E-state index < -0.39 is 0 Å². The molecule has 0 aliphatic carbocycles. The predicted molar refractivity (Wildman–Crippen MR) is 75.6 cm³/mol. The van der Waals surface area contributed by atoms with E-state index in [1.807, 2.05) is 19.9 Å². The van der Waals surface area contributed by atoms with Crippen LogP contribution in [-0.2, 0) is 6.42 Å². The molecule has 0 saturated heterocycles. The SMILES string of the molecule is CCNc1nc(C)cc(-c2cccc3c2OCC3)n1. The zero-order chi connectivity index (χ0) is 13.2. The molecule has 0 atom stereocenters. The van der Waals surface area contributed by atoms with Crippen LogP contribution >= 0.6 is 0 Å². The Labute approximate surface area is 112 Å². The van der Waals surface area contributed by atoms with Crippen LogP contribution in [0.2, 0.25) is 0 Å². The number of nitrogens with zero attached hydrogens (tertiary/aromatic N) is 2. The van der Waals surface area contributed by atoms with Crippen LogP contribution in [0.25, 0.3) is 11.3 Å². The first kappa shape index (κ1) is 12.0. The van der Waals surface area contributed by atoms with Crippen molar-refractivity contribution in [3.8, 4) is 17.0 Å². The lowest BCUT2D eigenvalue weighted by atomic mass is 10.1. The second-order valence-corrected chi connectivity index (χ2v) is 4.64. The fourth-order valence-corrected chi connectivity index (χ4v) is 2.36. The van der Waals surface area contributed by atoms with Gasteiger partial charge < -0.3 is 10.1 Å². The van der Waals surface area contributed by atoms with Crippen LogP contribution in [0.3, 0.4) is 0 Å². The maximum absolute atomic E-state index is 5.74. The van der Waals surface area contributed by atoms with Gasteiger partial charge in [-0.25, -0.2) is 9.97 Å². The summed E-state index contributed by atoms with van der Waals surface area (Å²) in [5.74, 6) is 1.65. The van der Waals surface area contributed by atoms with E-state index in [-0.39, 0.29) is 0 Å². The van der Waals surface area contributed by atoms with Crippen molar-refractivity contribution in [2.45, 2.75) is 20.3 Å². The molecule has 2 heterocycles. The van der Waals surface area contributed by atoms with Gasteiger partial charge in [0, 0.05) is 24.2 Å². The number of hydrogen-bond donors (Lipinski definition) is 1. The molecular formula is C15H17N3O. The minimum Gasteiger partial charge on any atom is -0.492 e. The molecule has 2 aromatic rings. The van der Waals surface area contributed by atoms with E-state index >= 15 is 0 Å². The Morgan fingerprint density at radius 2 is 2.21 bits per heavy atom. The maximum atomic E-state index is 5.74. The lowest BCUT2D eigenvalue weighted by molar-refractivity contribution is 0.358. The molecule has 0 spiro atoms. The summed E-state index contributed by atoms with van der Waals surface area (Å²) in [5.41, 5.74) is 4.19. The molecule has 1 aromatic carbocycles. The fraction of sp³-hybridized carbons (Fsp3) is 0.333. The molecule has 19 heavy (non-hydrogen) atoms. The highest BCUT2D eigenvalue weighted by atomic mass is 16.5. The van der Waals surface area contributed by atoms with Gasteiger partial charge in [0.05, 0.1) is 12.3 Å². The Morgan fingerprint density at radius 3 is 3.05 bits per heavy atom. The molecule has 1 aliphatic heterocycles. The summed E-state index contributed by atoms with van der Waals surface area (Å²) < 4.78 is 5.74. The van der Waals surface area contributed by atoms with Gasteiger partial charge in [-0.05, 0) is 31.5 Å². The Hall–Kier alpha value is -2.10. The van der Waals surface area contributed by atoms with E-state index in [9.17, 15) is 0 Å². The Morgan fingerprint density at radius 1 is 1.32 bits per heavy atom. The summed E-state index contributed by atoms with van der Waals surface area (Å²) in [4.78, 5) is 8.95. The van der Waals surface area contributed by atoms with Crippen LogP contribution in [0, 0.1) is 6.92 Å². The normalized spacial score (nSPS) is 12.9. The standard InChI is InChI=1S/C15H17N3O/c1-3-16-15-17-10(2)9-13(18-15)12-6-4-5-11-7-8-19-14(11)12/h4-6,9H,3,7-8H2,1-2H3,(H,16,17,18). The molecule has 0 unspecified atom stereocenters. The van der Waals surface area contributed by atoms with Crippen LogP contribution in [-0.4, -0.2) is 23.1 Å². The Kier molecular flexibility index (Phi) is 3.07. The molecule has 1 aromatic heterocycles. The molecule has 98 valence electrons. The van der Waals surface area contributed by atoms with Crippen molar-refractivity contribution in [1.29, 1.82) is 0 Å². The zero-order valence-corrected chi connectivity index (χ0v) is 11.2. The zero-order valence-electron chi connectivity index (χ0n) is 11.2. The van der Waals surface area contributed by atoms with Gasteiger partial charge in [-0.15, -0.1) is 0 Å². The van der Waals surface area contributed by atoms with Crippen LogP contribution in [0.1, 0.15) is 18.2 Å². The Balaban J connectivity index is 2.09. The fourth-order valence-electron chi connectivity index (χ4n) is 2.36. The third-order valence-electron chi connectivity index (χ3n) is 3.18. The van der Waals surface area contributed by atoms with Crippen molar-refractivity contribution in [2.24, 2.45) is 0 Å². The summed E-state index contributed by atoms with van der Waals surface area (Å²) in [5, 5.41) is 3.16. The summed E-state index contributed by atoms with van der Waals surface area (Å²) >= 11 is 0. The topological polar surface area (TPSA) is 47.0 Å². The number of aryl methyl sites for hydroxylation is 1. The summed E-state index contributed by atoms with van der Waals surface area (Å²) in [6.07, 6.45) is 0.979. The number of hydrogen-bond acceptors (Lipinski definition) is 4. The van der Waals surface area contributed by atoms with E-state index in [0.29, 0.717) is 5.95 Å². The average Bonchev–Trinajstić information content (AvgIpc) is 2.86. The first-order chi connectivity index (χ1) is 9.28. The first-order valence-electron chi connectivity index (χ1n) is 6.62. The largest absolute Gasteiger partial charge is 0.492 e. The van der Waals surface area contributed by atoms with Crippen molar-refractivity contribution >= 4 is 5.95 Å². The van der Waals surface area contributed by atoms with E-state index in [0.717, 1.165) is 42.3 Å². The quantitative estimate of drug-likeness (QED) is 0.916. The molecule has 4 heteroatoms. The van der Waals surface area contributed by atoms with Gasteiger partial charge in [-0.2, -0.15) is 0 Å². The molecule has 0 fully saturated rings. The monoisotopic (exact) mass is 255 g/mol. The van der Waals surface area contributed by atoms with Crippen LogP contribution in [0.5, 0.6) is 5.75 Å². The van der Waals surface area contributed by atoms with E-state index in [1.165, 1.54) is 5.56 Å². The molecule has 0 amide bonds. The second kappa shape index (κ2) is 4.88. The molecule has 4 nitrogen and oxygen atoms in total. The molecule has 1 N–H and O–H groups in total. The Bertz CT molecular complexity index is 610. The highest BCUT2D eigenvalue weighted by Gasteiger charge is 2.18. The van der Waals surface area contributed by atoms with E-state index in [1.54, 1.807) is 0 Å². The summed E-state index contributed by atoms with van der Waals surface area (Å²) in [6, 6.07) is 8.23. The van der Waals surface area contributed by atoms with E-state index in [4.69, 9.17) is 4.74 Å². The predicted octanol–water partition coefficient (Wildman–Crippen LogP) is 2.82. The molecule has 1 aliphatic rings. The van der Waals surface area contributed by atoms with Crippen molar-refractivity contribution in [3.63, 3.8) is 0 Å². The van der Waals surface area contributed by atoms with Crippen molar-refractivity contribution in [2.75, 3.05) is 18.5 Å². The second-order valence-electron chi connectivity index (χ2n) is 4.64. The number of anilines is 1. The van der Waals surface area contributed by atoms with Crippen LogP contribution in [0.15, 0.2) is 24.3 Å². The van der Waals surface area contributed by atoms with Crippen molar-refractivity contribution in [1.82, 2.24) is 9.97 Å². The lowest BCUT2D eigenvalue weighted by Gasteiger charge is -2.10. The van der Waals surface area contributed by atoms with Gasteiger partial charge in [0.2, 0.25) is 5.95 Å². The number of fused-ring (bicyclic) bond motifs is 1. The summed E-state index contributed by atoms with van der Waals surface area (Å²) in [6.45, 7) is 5.59. The highest BCUT2D eigenvalue weighted by Crippen LogP contribution is 2.36. The van der Waals surface area contributed by atoms with Gasteiger partial charge in [-0.3, -0.25) is 0 Å². The smallest absolute Gasteiger partial charge is 0.223 e. The summed E-state index contributed by atoms with van der Waals surface area (Å²) in [7, 11) is 0. The minimum atomic E-state index is 0.674. The van der Waals surface area contributed by atoms with Crippen molar-refractivity contribution in [3.05, 3.63) is 35.5 Å². The van der Waals surface area contributed by atoms with E-state index in [2.05, 4.69) is 33.5 Å². The van der Waals surface area contributed by atoms with Gasteiger partial charge in [0.25, 0.3) is 0 Å². The molecule has 3 rings (SSSR count). The lowest BCUT2D eigenvalue weighted by Crippen LogP contribution is -2.04. The number of ether oxygens (including phenoxy) is 1. The highest BCUT2D eigenvalue weighted by molar-refractivity contribution is 5.71. The number of para-hydroxylation sites is 1. The van der Waals surface area contributed by atoms with Gasteiger partial charge in [0.1, 0.15) is 5.75 Å². The molecular weight excluding hydrogens is 238 g/mol. The average molecular weight is 255 g/mol. The third-order valence-corrected chi connectivity index (χ3v) is 3.18. The minimum absolute atomic E-state index is 0.674. The van der Waals surface area contributed by atoms with Crippen LogP contribution in [0.4, 0.5) is 5.95 Å². The number of rotatable bonds is 3. The van der Waals surface area contributed by atoms with Crippen molar-refractivity contribution < 1.29 is 4.74 Å². The molecule has 0 bridgehead atoms. The van der Waals surface area contributed by atoms with Gasteiger partial charge in [-0.1, -0.05) is 12.1 Å². The number of aromatic nitrogens is 2. The van der Waals surface area contributed by atoms with Gasteiger partial charge >= 0.3 is 0 Å². The molecule has 0 radical (unpaired) electrons. The maximum Gasteiger partial charge on any atom is 0.223 e. The number of nitrogens with one attached hydrogen (secondary N) is 1.